The largest absolute Gasteiger partial charge is 0.479 e. The molecular formula is C21H18ClF2N5O9. The number of rotatable bonds is 9. The van der Waals surface area contributed by atoms with Gasteiger partial charge >= 0.3 is 17.9 Å². The topological polar surface area (TPSA) is 220 Å². The van der Waals surface area contributed by atoms with Gasteiger partial charge in [-0.15, -0.1) is 0 Å². The van der Waals surface area contributed by atoms with Gasteiger partial charge in [-0.1, -0.05) is 6.07 Å². The Balaban J connectivity index is 1.58. The first kappa shape index (κ1) is 27.1. The Labute approximate surface area is 215 Å². The van der Waals surface area contributed by atoms with E-state index in [1.807, 2.05) is 0 Å². The van der Waals surface area contributed by atoms with Gasteiger partial charge in [0.15, 0.2) is 23.9 Å². The Morgan fingerprint density at radius 2 is 1.89 bits per heavy atom. The molecule has 3 aromatic rings. The summed E-state index contributed by atoms with van der Waals surface area (Å²) in [5, 5.41) is 38.5. The molecule has 4 atom stereocenters. The highest BCUT2D eigenvalue weighted by atomic mass is 35.5. The molecule has 1 aliphatic heterocycles. The Bertz CT molecular complexity index is 1420. The molecule has 0 unspecified atom stereocenters. The molecule has 0 radical (unpaired) electrons. The van der Waals surface area contributed by atoms with E-state index in [1.165, 1.54) is 0 Å². The number of nitrogens with zero attached hydrogens (tertiary/aromatic N) is 4. The summed E-state index contributed by atoms with van der Waals surface area (Å²) >= 11 is 5.80. The monoisotopic (exact) mass is 557 g/mol. The summed E-state index contributed by atoms with van der Waals surface area (Å²) in [7, 11) is 0. The number of hydrogen-bond acceptors (Lipinski definition) is 10. The van der Waals surface area contributed by atoms with Crippen molar-refractivity contribution >= 4 is 46.5 Å². The molecular weight excluding hydrogens is 540 g/mol. The summed E-state index contributed by atoms with van der Waals surface area (Å²) in [6, 6.07) is 2.51. The number of aromatic carboxylic acids is 1. The molecule has 1 saturated heterocycles. The first-order chi connectivity index (χ1) is 17.9. The number of nitrogens with two attached hydrogens (primary N) is 1. The minimum Gasteiger partial charge on any atom is -0.479 e. The van der Waals surface area contributed by atoms with Gasteiger partial charge in [0, 0.05) is 6.42 Å². The maximum atomic E-state index is 15.0. The van der Waals surface area contributed by atoms with Crippen LogP contribution in [0.15, 0.2) is 24.5 Å². The normalized spacial score (nSPS) is 21.6. The second-order valence-corrected chi connectivity index (χ2v) is 8.58. The fraction of sp³-hybridized carbons (Fsp3) is 0.333. The third-order valence-corrected chi connectivity index (χ3v) is 6.06. The zero-order chi connectivity index (χ0) is 27.9. The maximum Gasteiger partial charge on any atom is 0.348 e. The van der Waals surface area contributed by atoms with E-state index in [1.54, 1.807) is 0 Å². The number of imidazole rings is 1. The van der Waals surface area contributed by atoms with Crippen molar-refractivity contribution in [3.63, 3.8) is 0 Å². The van der Waals surface area contributed by atoms with Crippen molar-refractivity contribution in [2.24, 2.45) is 0 Å². The number of aliphatic hydroxyl groups excluding tert-OH is 1. The van der Waals surface area contributed by atoms with Crippen LogP contribution >= 0.6 is 11.6 Å². The van der Waals surface area contributed by atoms with Gasteiger partial charge in [0.25, 0.3) is 5.60 Å². The summed E-state index contributed by atoms with van der Waals surface area (Å²) in [6.45, 7) is -0.920. The van der Waals surface area contributed by atoms with Crippen LogP contribution in [-0.4, -0.2) is 88.4 Å². The van der Waals surface area contributed by atoms with Gasteiger partial charge in [0.05, 0.1) is 18.5 Å². The van der Waals surface area contributed by atoms with Gasteiger partial charge in [0.2, 0.25) is 5.28 Å². The first-order valence-corrected chi connectivity index (χ1v) is 11.0. The molecule has 0 saturated carbocycles. The molecule has 1 aromatic carbocycles. The Kier molecular flexibility index (Phi) is 7.16. The fourth-order valence-corrected chi connectivity index (χ4v) is 4.10. The first-order valence-electron chi connectivity index (χ1n) is 10.6. The van der Waals surface area contributed by atoms with Gasteiger partial charge in [-0.25, -0.2) is 28.1 Å². The van der Waals surface area contributed by atoms with Gasteiger partial charge in [-0.05, 0) is 29.3 Å². The van der Waals surface area contributed by atoms with Crippen molar-refractivity contribution in [2.75, 3.05) is 12.3 Å². The number of fused-ring (bicyclic) bond motifs is 1. The van der Waals surface area contributed by atoms with Crippen LogP contribution in [0.25, 0.3) is 11.2 Å². The number of carbonyl (C=O) groups is 3. The predicted molar refractivity (Wildman–Crippen MR) is 121 cm³/mol. The molecule has 38 heavy (non-hydrogen) atoms. The van der Waals surface area contributed by atoms with Crippen molar-refractivity contribution in [3.8, 4) is 0 Å². The molecule has 0 amide bonds. The standard InChI is InChI=1S/C21H18ClF2N5O9/c22-20-27-14(25)12-15(28-20)29(6-26-12)16-11(24)13(30)10(38-16)5-37-21(18(33)34,19(35)36)4-7-1-2-8(17(31)32)9(23)3-7/h1-3,6,10-11,13,16,30H,4-5H2,(H,31,32)(H,33,34)(H,35,36)(H2,25,27,28)/t10-,11+,13-,16-/m1/s1. The van der Waals surface area contributed by atoms with Crippen LogP contribution in [0.2, 0.25) is 5.28 Å². The number of alkyl halides is 1. The average Bonchev–Trinajstić information content (AvgIpc) is 3.37. The number of aliphatic hydroxyl groups is 1. The van der Waals surface area contributed by atoms with Gasteiger partial charge < -0.3 is 35.6 Å². The molecule has 1 fully saturated rings. The van der Waals surface area contributed by atoms with E-state index in [2.05, 4.69) is 15.0 Å². The molecule has 14 nitrogen and oxygen atoms in total. The smallest absolute Gasteiger partial charge is 0.348 e. The average molecular weight is 558 g/mol. The van der Waals surface area contributed by atoms with Crippen LogP contribution < -0.4 is 5.73 Å². The molecule has 0 aliphatic carbocycles. The van der Waals surface area contributed by atoms with E-state index in [4.69, 9.17) is 31.9 Å². The van der Waals surface area contributed by atoms with E-state index >= 15 is 4.39 Å². The number of nitrogen functional groups attached to an aromatic ring is 1. The molecule has 3 heterocycles. The Morgan fingerprint density at radius 3 is 2.50 bits per heavy atom. The molecule has 2 aromatic heterocycles. The summed E-state index contributed by atoms with van der Waals surface area (Å²) < 4.78 is 40.9. The second kappa shape index (κ2) is 10.1. The third kappa shape index (κ3) is 4.69. The molecule has 0 spiro atoms. The van der Waals surface area contributed by atoms with Gasteiger partial charge in [-0.2, -0.15) is 9.97 Å². The molecule has 0 bridgehead atoms. The van der Waals surface area contributed by atoms with E-state index in [0.29, 0.717) is 6.07 Å². The lowest BCUT2D eigenvalue weighted by molar-refractivity contribution is -0.190. The van der Waals surface area contributed by atoms with Gasteiger partial charge in [0.1, 0.15) is 23.5 Å². The second-order valence-electron chi connectivity index (χ2n) is 8.25. The highest BCUT2D eigenvalue weighted by Gasteiger charge is 2.52. The highest BCUT2D eigenvalue weighted by molar-refractivity contribution is 6.28. The summed E-state index contributed by atoms with van der Waals surface area (Å²) in [5.74, 6) is -6.90. The zero-order valence-electron chi connectivity index (χ0n) is 18.9. The van der Waals surface area contributed by atoms with Crippen molar-refractivity contribution < 1.29 is 53.1 Å². The summed E-state index contributed by atoms with van der Waals surface area (Å²) in [6.07, 6.45) is -6.99. The number of aliphatic carboxylic acids is 2. The molecule has 17 heteroatoms. The van der Waals surface area contributed by atoms with Crippen LogP contribution in [0.3, 0.4) is 0 Å². The minimum absolute atomic E-state index is 0.0267. The number of ether oxygens (including phenoxy) is 2. The van der Waals surface area contributed by atoms with Gasteiger partial charge in [-0.3, -0.25) is 4.57 Å². The molecule has 202 valence electrons. The van der Waals surface area contributed by atoms with E-state index in [-0.39, 0.29) is 27.8 Å². The lowest BCUT2D eigenvalue weighted by atomic mass is 9.93. The van der Waals surface area contributed by atoms with Crippen molar-refractivity contribution in [1.29, 1.82) is 0 Å². The van der Waals surface area contributed by atoms with Crippen LogP contribution in [-0.2, 0) is 25.5 Å². The highest BCUT2D eigenvalue weighted by Crippen LogP contribution is 2.35. The minimum atomic E-state index is -3.03. The fourth-order valence-electron chi connectivity index (χ4n) is 3.93. The lowest BCUT2D eigenvalue weighted by Gasteiger charge is -2.27. The number of hydrogen-bond donors (Lipinski definition) is 5. The van der Waals surface area contributed by atoms with E-state index in [0.717, 1.165) is 23.0 Å². The number of benzene rings is 1. The molecule has 6 N–H and O–H groups in total. The zero-order valence-corrected chi connectivity index (χ0v) is 19.6. The SMILES string of the molecule is Nc1nc(Cl)nc2c1ncn2[C@@H]1O[C@H](COC(Cc2ccc(C(=O)O)c(F)c2)(C(=O)O)C(=O)O)[C@@H](O)[C@@H]1F. The van der Waals surface area contributed by atoms with E-state index < -0.39 is 72.5 Å². The number of carboxylic acid groups (broad SMARTS) is 3. The van der Waals surface area contributed by atoms with E-state index in [9.17, 15) is 34.1 Å². The van der Waals surface area contributed by atoms with Crippen molar-refractivity contribution in [3.05, 3.63) is 46.8 Å². The Hall–Kier alpha value is -3.99. The maximum absolute atomic E-state index is 15.0. The third-order valence-electron chi connectivity index (χ3n) is 5.89. The van der Waals surface area contributed by atoms with Crippen molar-refractivity contribution in [2.45, 2.75) is 36.6 Å². The van der Waals surface area contributed by atoms with Crippen LogP contribution in [0.5, 0.6) is 0 Å². The van der Waals surface area contributed by atoms with Crippen LogP contribution in [0, 0.1) is 5.82 Å². The van der Waals surface area contributed by atoms with Crippen molar-refractivity contribution in [1.82, 2.24) is 19.5 Å². The summed E-state index contributed by atoms with van der Waals surface area (Å²) in [4.78, 5) is 46.7. The number of halogens is 3. The number of aromatic nitrogens is 4. The predicted octanol–water partition coefficient (Wildman–Crippen LogP) is 0.663. The van der Waals surface area contributed by atoms with Crippen LogP contribution in [0.4, 0.5) is 14.6 Å². The number of carboxylic acids is 3. The van der Waals surface area contributed by atoms with Crippen LogP contribution in [0.1, 0.15) is 22.1 Å². The summed E-state index contributed by atoms with van der Waals surface area (Å²) in [5.41, 5.74) is 1.81. The molecule has 4 rings (SSSR count). The number of anilines is 1. The molecule has 1 aliphatic rings. The lowest BCUT2D eigenvalue weighted by Crippen LogP contribution is -2.52. The quantitative estimate of drug-likeness (QED) is 0.180. The Morgan fingerprint density at radius 1 is 1.21 bits per heavy atom.